The van der Waals surface area contributed by atoms with Crippen LogP contribution in [0.25, 0.3) is 0 Å². The van der Waals surface area contributed by atoms with Crippen molar-refractivity contribution in [3.8, 4) is 0 Å². The first-order chi connectivity index (χ1) is 6.65. The highest BCUT2D eigenvalue weighted by molar-refractivity contribution is 5.94. The molecule has 6 heteroatoms. The van der Waals surface area contributed by atoms with Gasteiger partial charge in [0.15, 0.2) is 0 Å². The summed E-state index contributed by atoms with van der Waals surface area (Å²) >= 11 is 0. The quantitative estimate of drug-likeness (QED) is 0.724. The molecule has 1 atom stereocenters. The summed E-state index contributed by atoms with van der Waals surface area (Å²) in [6.07, 6.45) is 1.63. The zero-order chi connectivity index (χ0) is 10.6. The molecule has 1 rings (SSSR count). The number of nitrogens with zero attached hydrogens (tertiary/aromatic N) is 1. The zero-order valence-corrected chi connectivity index (χ0v) is 7.56. The summed E-state index contributed by atoms with van der Waals surface area (Å²) in [6, 6.07) is 0.469. The van der Waals surface area contributed by atoms with Gasteiger partial charge in [0.1, 0.15) is 6.04 Å². The van der Waals surface area contributed by atoms with E-state index < -0.39 is 17.9 Å². The van der Waals surface area contributed by atoms with Crippen molar-refractivity contribution in [2.75, 3.05) is 0 Å². The molecule has 76 valence electrons. The topological polar surface area (TPSA) is 92.4 Å². The van der Waals surface area contributed by atoms with Gasteiger partial charge in [0, 0.05) is 6.07 Å². The van der Waals surface area contributed by atoms with Crippen LogP contribution in [0.1, 0.15) is 23.9 Å². The normalized spacial score (nSPS) is 12.1. The first-order valence-corrected chi connectivity index (χ1v) is 4.09. The molecular formula is C8H10N2O4. The summed E-state index contributed by atoms with van der Waals surface area (Å²) in [5.74, 6) is -1.64. The molecule has 0 aliphatic rings. The minimum atomic E-state index is -1.07. The average Bonchev–Trinajstić information content (AvgIpc) is 2.65. The standard InChI is InChI=1S/C8H10N2O4/c1-2-5(8(12)13)10-7(11)6-3-4-9-14-6/h3-5H,2H2,1H3,(H,10,11)(H,12,13). The number of amides is 1. The lowest BCUT2D eigenvalue weighted by atomic mass is 10.2. The molecule has 0 aromatic carbocycles. The SMILES string of the molecule is CCC(NC(=O)c1ccno1)C(=O)O. The Morgan fingerprint density at radius 1 is 1.71 bits per heavy atom. The van der Waals surface area contributed by atoms with E-state index in [4.69, 9.17) is 5.11 Å². The largest absolute Gasteiger partial charge is 0.480 e. The van der Waals surface area contributed by atoms with Crippen molar-refractivity contribution < 1.29 is 19.2 Å². The molecule has 1 heterocycles. The van der Waals surface area contributed by atoms with Crippen LogP contribution in [0.2, 0.25) is 0 Å². The summed E-state index contributed by atoms with van der Waals surface area (Å²) in [5.41, 5.74) is 0. The third-order valence-corrected chi connectivity index (χ3v) is 1.67. The molecule has 14 heavy (non-hydrogen) atoms. The summed E-state index contributed by atoms with van der Waals surface area (Å²) in [6.45, 7) is 1.67. The third-order valence-electron chi connectivity index (χ3n) is 1.67. The van der Waals surface area contributed by atoms with E-state index in [1.807, 2.05) is 0 Å². The highest BCUT2D eigenvalue weighted by Crippen LogP contribution is 1.98. The Hall–Kier alpha value is -1.85. The van der Waals surface area contributed by atoms with Crippen molar-refractivity contribution in [2.24, 2.45) is 0 Å². The zero-order valence-electron chi connectivity index (χ0n) is 7.56. The van der Waals surface area contributed by atoms with Gasteiger partial charge in [-0.1, -0.05) is 12.1 Å². The Balaban J connectivity index is 2.60. The Morgan fingerprint density at radius 3 is 2.86 bits per heavy atom. The number of carboxylic acid groups (broad SMARTS) is 1. The van der Waals surface area contributed by atoms with Crippen LogP contribution in [0.15, 0.2) is 16.8 Å². The predicted octanol–water partition coefficient (Wildman–Crippen LogP) is 0.268. The van der Waals surface area contributed by atoms with Crippen LogP contribution in [0.5, 0.6) is 0 Å². The fourth-order valence-electron chi connectivity index (χ4n) is 0.901. The second-order valence-corrected chi connectivity index (χ2v) is 2.65. The third kappa shape index (κ3) is 2.32. The number of aliphatic carboxylic acids is 1. The molecule has 0 aliphatic carbocycles. The van der Waals surface area contributed by atoms with Gasteiger partial charge in [-0.25, -0.2) is 4.79 Å². The molecule has 0 saturated carbocycles. The lowest BCUT2D eigenvalue weighted by Gasteiger charge is -2.09. The number of carboxylic acids is 1. The Labute approximate surface area is 79.9 Å². The van der Waals surface area contributed by atoms with Gasteiger partial charge < -0.3 is 14.9 Å². The van der Waals surface area contributed by atoms with Gasteiger partial charge in [-0.3, -0.25) is 4.79 Å². The van der Waals surface area contributed by atoms with Crippen LogP contribution in [0.3, 0.4) is 0 Å². The second kappa shape index (κ2) is 4.40. The van der Waals surface area contributed by atoms with E-state index in [2.05, 4.69) is 15.0 Å². The van der Waals surface area contributed by atoms with Gasteiger partial charge in [-0.15, -0.1) is 0 Å². The minimum absolute atomic E-state index is 0.00435. The molecule has 0 aliphatic heterocycles. The first-order valence-electron chi connectivity index (χ1n) is 4.09. The molecule has 0 radical (unpaired) electrons. The van der Waals surface area contributed by atoms with Crippen molar-refractivity contribution >= 4 is 11.9 Å². The van der Waals surface area contributed by atoms with Gasteiger partial charge in [0.2, 0.25) is 5.76 Å². The van der Waals surface area contributed by atoms with Gasteiger partial charge in [-0.2, -0.15) is 0 Å². The molecule has 6 nitrogen and oxygen atoms in total. The smallest absolute Gasteiger partial charge is 0.326 e. The lowest BCUT2D eigenvalue weighted by molar-refractivity contribution is -0.139. The van der Waals surface area contributed by atoms with Crippen molar-refractivity contribution in [2.45, 2.75) is 19.4 Å². The van der Waals surface area contributed by atoms with E-state index in [0.29, 0.717) is 6.42 Å². The highest BCUT2D eigenvalue weighted by Gasteiger charge is 2.19. The summed E-state index contributed by atoms with van der Waals surface area (Å²) < 4.78 is 4.57. The van der Waals surface area contributed by atoms with Crippen LogP contribution in [-0.4, -0.2) is 28.2 Å². The van der Waals surface area contributed by atoms with Gasteiger partial charge in [0.05, 0.1) is 6.20 Å². The molecule has 1 unspecified atom stereocenters. The molecular weight excluding hydrogens is 188 g/mol. The van der Waals surface area contributed by atoms with E-state index in [9.17, 15) is 9.59 Å². The van der Waals surface area contributed by atoms with Crippen molar-refractivity contribution in [1.29, 1.82) is 0 Å². The number of hydrogen-bond acceptors (Lipinski definition) is 4. The Morgan fingerprint density at radius 2 is 2.43 bits per heavy atom. The average molecular weight is 198 g/mol. The fraction of sp³-hybridized carbons (Fsp3) is 0.375. The van der Waals surface area contributed by atoms with Crippen LogP contribution < -0.4 is 5.32 Å². The Bertz CT molecular complexity index is 320. The summed E-state index contributed by atoms with van der Waals surface area (Å²) in [7, 11) is 0. The van der Waals surface area contributed by atoms with Crippen LogP contribution in [0, 0.1) is 0 Å². The molecule has 0 spiro atoms. The number of rotatable bonds is 4. The number of nitrogens with one attached hydrogen (secondary N) is 1. The highest BCUT2D eigenvalue weighted by atomic mass is 16.5. The van der Waals surface area contributed by atoms with E-state index in [1.54, 1.807) is 6.92 Å². The van der Waals surface area contributed by atoms with Gasteiger partial charge in [0.25, 0.3) is 5.91 Å². The van der Waals surface area contributed by atoms with E-state index >= 15 is 0 Å². The van der Waals surface area contributed by atoms with Crippen molar-refractivity contribution in [3.05, 3.63) is 18.0 Å². The second-order valence-electron chi connectivity index (χ2n) is 2.65. The summed E-state index contributed by atoms with van der Waals surface area (Å²) in [5, 5.41) is 14.3. The van der Waals surface area contributed by atoms with Crippen LogP contribution in [0.4, 0.5) is 0 Å². The maximum atomic E-state index is 11.3. The molecule has 2 N–H and O–H groups in total. The van der Waals surface area contributed by atoms with Gasteiger partial charge >= 0.3 is 5.97 Å². The van der Waals surface area contributed by atoms with E-state index in [0.717, 1.165) is 0 Å². The minimum Gasteiger partial charge on any atom is -0.480 e. The van der Waals surface area contributed by atoms with E-state index in [-0.39, 0.29) is 5.76 Å². The monoisotopic (exact) mass is 198 g/mol. The van der Waals surface area contributed by atoms with Crippen LogP contribution >= 0.6 is 0 Å². The number of carbonyl (C=O) groups excluding carboxylic acids is 1. The molecule has 1 amide bonds. The maximum absolute atomic E-state index is 11.3. The van der Waals surface area contributed by atoms with Gasteiger partial charge in [-0.05, 0) is 6.42 Å². The number of aromatic nitrogens is 1. The van der Waals surface area contributed by atoms with E-state index in [1.165, 1.54) is 12.3 Å². The predicted molar refractivity (Wildman–Crippen MR) is 45.7 cm³/mol. The van der Waals surface area contributed by atoms with Crippen LogP contribution in [-0.2, 0) is 4.79 Å². The number of hydrogen-bond donors (Lipinski definition) is 2. The molecule has 0 bridgehead atoms. The first kappa shape index (κ1) is 10.2. The molecule has 1 aromatic heterocycles. The fourth-order valence-corrected chi connectivity index (χ4v) is 0.901. The Kier molecular flexibility index (Phi) is 3.22. The summed E-state index contributed by atoms with van der Waals surface area (Å²) in [4.78, 5) is 21.8. The number of carbonyl (C=O) groups is 2. The van der Waals surface area contributed by atoms with Crippen molar-refractivity contribution in [1.82, 2.24) is 10.5 Å². The maximum Gasteiger partial charge on any atom is 0.326 e. The lowest BCUT2D eigenvalue weighted by Crippen LogP contribution is -2.40. The molecule has 0 fully saturated rings. The van der Waals surface area contributed by atoms with Crippen molar-refractivity contribution in [3.63, 3.8) is 0 Å². The molecule has 0 saturated heterocycles. The molecule has 1 aromatic rings.